The van der Waals surface area contributed by atoms with Crippen molar-refractivity contribution in [3.8, 4) is 0 Å². The van der Waals surface area contributed by atoms with E-state index >= 15 is 0 Å². The van der Waals surface area contributed by atoms with E-state index in [0.717, 1.165) is 40.3 Å². The molecule has 0 bridgehead atoms. The van der Waals surface area contributed by atoms with Crippen molar-refractivity contribution in [2.75, 3.05) is 10.6 Å². The van der Waals surface area contributed by atoms with E-state index in [2.05, 4.69) is 79.9 Å². The van der Waals surface area contributed by atoms with E-state index in [9.17, 15) is 0 Å². The topological polar surface area (TPSA) is 41.9 Å². The van der Waals surface area contributed by atoms with Gasteiger partial charge < -0.3 is 10.6 Å². The normalized spacial score (nSPS) is 10.9. The molecule has 0 aliphatic heterocycles. The summed E-state index contributed by atoms with van der Waals surface area (Å²) in [5.41, 5.74) is 6.82. The zero-order valence-corrected chi connectivity index (χ0v) is 16.0. The lowest BCUT2D eigenvalue weighted by Gasteiger charge is -2.11. The molecule has 4 nitrogen and oxygen atoms in total. The second kappa shape index (κ2) is 7.16. The van der Waals surface area contributed by atoms with Gasteiger partial charge in [-0.15, -0.1) is 0 Å². The zero-order chi connectivity index (χ0) is 18.8. The van der Waals surface area contributed by atoms with Crippen LogP contribution in [0.2, 0.25) is 0 Å². The second-order valence-electron chi connectivity index (χ2n) is 6.78. The predicted molar refractivity (Wildman–Crippen MR) is 114 cm³/mol. The average molecular weight is 356 g/mol. The fourth-order valence-electron chi connectivity index (χ4n) is 3.40. The molecule has 0 saturated carbocycles. The standard InChI is InChI=1S/C23H24N4/c1-4-27-21-15-19(24-18-11-6-5-7-12-18)13-14-20(21)23(26-27)25-22-16(2)9-8-10-17(22)3/h5-15,24H,4H2,1-3H3,(H,25,26). The average Bonchev–Trinajstić information content (AvgIpc) is 3.03. The highest BCUT2D eigenvalue weighted by Crippen LogP contribution is 2.31. The van der Waals surface area contributed by atoms with Gasteiger partial charge in [0.25, 0.3) is 0 Å². The Kier molecular flexibility index (Phi) is 4.55. The van der Waals surface area contributed by atoms with Gasteiger partial charge in [-0.25, -0.2) is 0 Å². The predicted octanol–water partition coefficient (Wildman–Crippen LogP) is 6.16. The van der Waals surface area contributed by atoms with Crippen LogP contribution < -0.4 is 10.6 Å². The molecule has 0 amide bonds. The maximum absolute atomic E-state index is 4.81. The van der Waals surface area contributed by atoms with Gasteiger partial charge in [0, 0.05) is 29.0 Å². The Balaban J connectivity index is 1.73. The molecule has 4 aromatic rings. The minimum absolute atomic E-state index is 0.819. The first-order valence-corrected chi connectivity index (χ1v) is 9.31. The third-order valence-electron chi connectivity index (χ3n) is 4.84. The Labute approximate surface area is 159 Å². The highest BCUT2D eigenvalue weighted by Gasteiger charge is 2.12. The van der Waals surface area contributed by atoms with Crippen molar-refractivity contribution in [2.45, 2.75) is 27.3 Å². The molecule has 4 rings (SSSR count). The summed E-state index contributed by atoms with van der Waals surface area (Å²) in [6.45, 7) is 7.18. The van der Waals surface area contributed by atoms with Gasteiger partial charge in [-0.3, -0.25) is 4.68 Å². The Hall–Kier alpha value is -3.27. The largest absolute Gasteiger partial charge is 0.355 e. The lowest BCUT2D eigenvalue weighted by atomic mass is 10.1. The van der Waals surface area contributed by atoms with Crippen molar-refractivity contribution in [1.82, 2.24) is 9.78 Å². The van der Waals surface area contributed by atoms with Crippen LogP contribution in [-0.2, 0) is 6.54 Å². The van der Waals surface area contributed by atoms with E-state index in [1.165, 1.54) is 11.1 Å². The summed E-state index contributed by atoms with van der Waals surface area (Å²) in [6.07, 6.45) is 0. The van der Waals surface area contributed by atoms with Gasteiger partial charge >= 0.3 is 0 Å². The monoisotopic (exact) mass is 356 g/mol. The molecule has 27 heavy (non-hydrogen) atoms. The number of para-hydroxylation sites is 2. The highest BCUT2D eigenvalue weighted by molar-refractivity contribution is 5.94. The summed E-state index contributed by atoms with van der Waals surface area (Å²) in [5, 5.41) is 13.0. The zero-order valence-electron chi connectivity index (χ0n) is 16.0. The second-order valence-corrected chi connectivity index (χ2v) is 6.78. The number of aromatic nitrogens is 2. The van der Waals surface area contributed by atoms with Crippen LogP contribution in [0, 0.1) is 13.8 Å². The van der Waals surface area contributed by atoms with Gasteiger partial charge in [0.2, 0.25) is 0 Å². The summed E-state index contributed by atoms with van der Waals surface area (Å²) in [6, 6.07) is 22.9. The first-order valence-electron chi connectivity index (χ1n) is 9.31. The van der Waals surface area contributed by atoms with Crippen molar-refractivity contribution in [1.29, 1.82) is 0 Å². The van der Waals surface area contributed by atoms with Crippen LogP contribution >= 0.6 is 0 Å². The van der Waals surface area contributed by atoms with Crippen molar-refractivity contribution in [2.24, 2.45) is 0 Å². The number of nitrogens with one attached hydrogen (secondary N) is 2. The molecule has 3 aromatic carbocycles. The third kappa shape index (κ3) is 3.38. The van der Waals surface area contributed by atoms with Crippen LogP contribution in [0.1, 0.15) is 18.1 Å². The number of nitrogens with zero attached hydrogens (tertiary/aromatic N) is 2. The maximum Gasteiger partial charge on any atom is 0.160 e. The molecule has 0 fully saturated rings. The quantitative estimate of drug-likeness (QED) is 0.450. The molecule has 0 aliphatic rings. The van der Waals surface area contributed by atoms with E-state index in [1.807, 2.05) is 22.9 Å². The van der Waals surface area contributed by atoms with Crippen LogP contribution in [-0.4, -0.2) is 9.78 Å². The molecule has 4 heteroatoms. The molecule has 0 spiro atoms. The molecule has 0 saturated heterocycles. The van der Waals surface area contributed by atoms with Gasteiger partial charge in [-0.05, 0) is 62.2 Å². The first-order chi connectivity index (χ1) is 13.2. The lowest BCUT2D eigenvalue weighted by Crippen LogP contribution is -1.99. The number of benzene rings is 3. The number of hydrogen-bond donors (Lipinski definition) is 2. The Morgan fingerprint density at radius 2 is 1.56 bits per heavy atom. The van der Waals surface area contributed by atoms with Crippen molar-refractivity contribution < 1.29 is 0 Å². The lowest BCUT2D eigenvalue weighted by molar-refractivity contribution is 0.687. The first kappa shape index (κ1) is 17.2. The number of rotatable bonds is 5. The molecule has 136 valence electrons. The minimum atomic E-state index is 0.819. The third-order valence-corrected chi connectivity index (χ3v) is 4.84. The smallest absolute Gasteiger partial charge is 0.160 e. The van der Waals surface area contributed by atoms with Gasteiger partial charge in [-0.2, -0.15) is 5.10 Å². The number of fused-ring (bicyclic) bond motifs is 1. The van der Waals surface area contributed by atoms with Gasteiger partial charge in [0.15, 0.2) is 5.82 Å². The van der Waals surface area contributed by atoms with E-state index in [1.54, 1.807) is 0 Å². The molecule has 0 atom stereocenters. The maximum atomic E-state index is 4.81. The highest BCUT2D eigenvalue weighted by atomic mass is 15.3. The molecule has 0 radical (unpaired) electrons. The molecule has 0 unspecified atom stereocenters. The van der Waals surface area contributed by atoms with Gasteiger partial charge in [0.05, 0.1) is 5.52 Å². The van der Waals surface area contributed by atoms with Crippen molar-refractivity contribution in [3.63, 3.8) is 0 Å². The Morgan fingerprint density at radius 1 is 0.815 bits per heavy atom. The van der Waals surface area contributed by atoms with Crippen molar-refractivity contribution >= 4 is 33.8 Å². The van der Waals surface area contributed by atoms with Crippen molar-refractivity contribution in [3.05, 3.63) is 77.9 Å². The molecule has 1 heterocycles. The summed E-state index contributed by atoms with van der Waals surface area (Å²) < 4.78 is 2.04. The molecular formula is C23H24N4. The summed E-state index contributed by atoms with van der Waals surface area (Å²) in [4.78, 5) is 0. The molecular weight excluding hydrogens is 332 g/mol. The summed E-state index contributed by atoms with van der Waals surface area (Å²) in [5.74, 6) is 0.899. The van der Waals surface area contributed by atoms with E-state index in [4.69, 9.17) is 5.10 Å². The van der Waals surface area contributed by atoms with Crippen LogP contribution in [0.5, 0.6) is 0 Å². The number of aryl methyl sites for hydroxylation is 3. The van der Waals surface area contributed by atoms with E-state index in [-0.39, 0.29) is 0 Å². The fraction of sp³-hybridized carbons (Fsp3) is 0.174. The van der Waals surface area contributed by atoms with Crippen LogP contribution in [0.3, 0.4) is 0 Å². The number of hydrogen-bond acceptors (Lipinski definition) is 3. The Morgan fingerprint density at radius 3 is 2.26 bits per heavy atom. The van der Waals surface area contributed by atoms with Crippen LogP contribution in [0.25, 0.3) is 10.9 Å². The molecule has 0 aliphatic carbocycles. The summed E-state index contributed by atoms with van der Waals surface area (Å²) in [7, 11) is 0. The van der Waals surface area contributed by atoms with Crippen LogP contribution in [0.4, 0.5) is 22.9 Å². The molecule has 1 aromatic heterocycles. The van der Waals surface area contributed by atoms with Crippen LogP contribution in [0.15, 0.2) is 66.7 Å². The number of anilines is 4. The summed E-state index contributed by atoms with van der Waals surface area (Å²) >= 11 is 0. The fourth-order valence-corrected chi connectivity index (χ4v) is 3.40. The van der Waals surface area contributed by atoms with Gasteiger partial charge in [0.1, 0.15) is 0 Å². The minimum Gasteiger partial charge on any atom is -0.355 e. The molecule has 2 N–H and O–H groups in total. The van der Waals surface area contributed by atoms with Gasteiger partial charge in [-0.1, -0.05) is 36.4 Å². The Bertz CT molecular complexity index is 1060. The van der Waals surface area contributed by atoms with E-state index in [0.29, 0.717) is 0 Å². The van der Waals surface area contributed by atoms with E-state index < -0.39 is 0 Å². The SMILES string of the molecule is CCn1nc(Nc2c(C)cccc2C)c2ccc(Nc3ccccc3)cc21.